The number of halogens is 1. The van der Waals surface area contributed by atoms with Crippen LogP contribution >= 0.6 is 33.9 Å². The average Bonchev–Trinajstić information content (AvgIpc) is 2.61. The van der Waals surface area contributed by atoms with Crippen molar-refractivity contribution in [3.63, 3.8) is 0 Å². The number of H-pyrrole nitrogens is 1. The Morgan fingerprint density at radius 3 is 2.71 bits per heavy atom. The first kappa shape index (κ1) is 12.8. The monoisotopic (exact) mass is 360 g/mol. The van der Waals surface area contributed by atoms with Crippen LogP contribution in [-0.2, 0) is 6.42 Å². The lowest BCUT2D eigenvalue weighted by molar-refractivity contribution is 0.968. The zero-order chi connectivity index (χ0) is 12.6. The van der Waals surface area contributed by atoms with Crippen molar-refractivity contribution in [2.45, 2.75) is 27.2 Å². The number of aryl methyl sites for hydroxylation is 3. The second kappa shape index (κ2) is 4.89. The van der Waals surface area contributed by atoms with E-state index in [1.165, 1.54) is 9.75 Å². The van der Waals surface area contributed by atoms with Crippen molar-refractivity contribution in [2.75, 3.05) is 0 Å². The van der Waals surface area contributed by atoms with Crippen LogP contribution in [-0.4, -0.2) is 9.97 Å². The van der Waals surface area contributed by atoms with E-state index in [0.717, 1.165) is 17.7 Å². The third-order valence-corrected chi connectivity index (χ3v) is 4.64. The Kier molecular flexibility index (Phi) is 3.67. The van der Waals surface area contributed by atoms with Gasteiger partial charge < -0.3 is 4.98 Å². The zero-order valence-corrected chi connectivity index (χ0v) is 12.9. The first-order valence-corrected chi connectivity index (χ1v) is 7.28. The van der Waals surface area contributed by atoms with Crippen LogP contribution in [0.15, 0.2) is 10.9 Å². The van der Waals surface area contributed by atoms with Gasteiger partial charge in [-0.15, -0.1) is 11.3 Å². The van der Waals surface area contributed by atoms with Gasteiger partial charge >= 0.3 is 0 Å². The van der Waals surface area contributed by atoms with Gasteiger partial charge in [0.25, 0.3) is 5.56 Å². The zero-order valence-electron chi connectivity index (χ0n) is 9.93. The minimum Gasteiger partial charge on any atom is -0.306 e. The molecule has 0 saturated carbocycles. The fourth-order valence-corrected chi connectivity index (χ4v) is 3.30. The Morgan fingerprint density at radius 1 is 1.47 bits per heavy atom. The molecule has 0 aliphatic carbocycles. The number of thiophene rings is 1. The molecule has 2 aromatic heterocycles. The van der Waals surface area contributed by atoms with E-state index in [9.17, 15) is 4.79 Å². The molecule has 0 spiro atoms. The van der Waals surface area contributed by atoms with Gasteiger partial charge in [0.2, 0.25) is 0 Å². The van der Waals surface area contributed by atoms with Gasteiger partial charge in [0.15, 0.2) is 0 Å². The van der Waals surface area contributed by atoms with Gasteiger partial charge in [-0.1, -0.05) is 6.92 Å². The minimum absolute atomic E-state index is 0.0456. The van der Waals surface area contributed by atoms with E-state index >= 15 is 0 Å². The van der Waals surface area contributed by atoms with Gasteiger partial charge in [0.1, 0.15) is 5.82 Å². The summed E-state index contributed by atoms with van der Waals surface area (Å²) >= 11 is 3.77. The van der Waals surface area contributed by atoms with E-state index in [1.54, 1.807) is 11.3 Å². The molecule has 0 radical (unpaired) electrons. The van der Waals surface area contributed by atoms with Gasteiger partial charge in [-0.3, -0.25) is 4.79 Å². The molecule has 2 aromatic rings. The Hall–Kier alpha value is -0.690. The SMILES string of the molecule is CCc1nc(-c2cc(C)sc2C)[nH]c(=O)c1I. The fourth-order valence-electron chi connectivity index (χ4n) is 1.73. The number of rotatable bonds is 2. The highest BCUT2D eigenvalue weighted by Gasteiger charge is 2.12. The summed E-state index contributed by atoms with van der Waals surface area (Å²) in [6.45, 7) is 6.13. The van der Waals surface area contributed by atoms with E-state index in [4.69, 9.17) is 0 Å². The molecular formula is C12H13IN2OS. The molecule has 0 unspecified atom stereocenters. The Balaban J connectivity index is 2.65. The van der Waals surface area contributed by atoms with Crippen LogP contribution in [0.2, 0.25) is 0 Å². The first-order chi connectivity index (χ1) is 8.02. The molecule has 5 heteroatoms. The van der Waals surface area contributed by atoms with Gasteiger partial charge in [-0.2, -0.15) is 0 Å². The van der Waals surface area contributed by atoms with Crippen LogP contribution < -0.4 is 5.56 Å². The van der Waals surface area contributed by atoms with Gasteiger partial charge in [-0.25, -0.2) is 4.98 Å². The molecule has 0 bridgehead atoms. The molecule has 2 heterocycles. The predicted octanol–water partition coefficient (Wildman–Crippen LogP) is 3.28. The maximum absolute atomic E-state index is 11.8. The molecule has 0 fully saturated rings. The summed E-state index contributed by atoms with van der Waals surface area (Å²) in [5, 5.41) is 0. The molecule has 0 atom stereocenters. The van der Waals surface area contributed by atoms with Crippen LogP contribution in [0, 0.1) is 17.4 Å². The van der Waals surface area contributed by atoms with E-state index in [2.05, 4.69) is 52.5 Å². The number of hydrogen-bond donors (Lipinski definition) is 1. The van der Waals surface area contributed by atoms with Crippen LogP contribution in [0.25, 0.3) is 11.4 Å². The number of aromatic amines is 1. The van der Waals surface area contributed by atoms with E-state index < -0.39 is 0 Å². The summed E-state index contributed by atoms with van der Waals surface area (Å²) in [6.07, 6.45) is 0.775. The standard InChI is InChI=1S/C12H13IN2OS/c1-4-9-10(13)12(16)15-11(14-9)8-5-6(2)17-7(8)3/h5H,4H2,1-3H3,(H,14,15,16). The summed E-state index contributed by atoms with van der Waals surface area (Å²) < 4.78 is 0.693. The van der Waals surface area contributed by atoms with Gasteiger partial charge in [0.05, 0.1) is 9.26 Å². The highest BCUT2D eigenvalue weighted by molar-refractivity contribution is 14.1. The molecule has 0 aromatic carbocycles. The predicted molar refractivity (Wildman–Crippen MR) is 79.7 cm³/mol. The molecule has 90 valence electrons. The smallest absolute Gasteiger partial charge is 0.264 e. The Bertz CT molecular complexity index is 615. The third kappa shape index (κ3) is 2.44. The lowest BCUT2D eigenvalue weighted by Gasteiger charge is -2.04. The number of nitrogens with zero attached hydrogens (tertiary/aromatic N) is 1. The summed E-state index contributed by atoms with van der Waals surface area (Å²) in [4.78, 5) is 21.6. The number of nitrogens with one attached hydrogen (secondary N) is 1. The fraction of sp³-hybridized carbons (Fsp3) is 0.333. The maximum atomic E-state index is 11.8. The second-order valence-corrected chi connectivity index (χ2v) is 6.39. The van der Waals surface area contributed by atoms with E-state index in [1.807, 2.05) is 6.92 Å². The quantitative estimate of drug-likeness (QED) is 0.836. The normalized spacial score (nSPS) is 10.8. The molecular weight excluding hydrogens is 347 g/mol. The van der Waals surface area contributed by atoms with Crippen LogP contribution in [0.1, 0.15) is 22.4 Å². The highest BCUT2D eigenvalue weighted by atomic mass is 127. The van der Waals surface area contributed by atoms with Crippen LogP contribution in [0.5, 0.6) is 0 Å². The minimum atomic E-state index is -0.0456. The summed E-state index contributed by atoms with van der Waals surface area (Å²) in [7, 11) is 0. The maximum Gasteiger partial charge on any atom is 0.264 e. The number of aromatic nitrogens is 2. The van der Waals surface area contributed by atoms with Crippen molar-refractivity contribution in [3.05, 3.63) is 35.4 Å². The molecule has 0 aliphatic rings. The van der Waals surface area contributed by atoms with Crippen LogP contribution in [0.3, 0.4) is 0 Å². The van der Waals surface area contributed by atoms with Crippen molar-refractivity contribution in [3.8, 4) is 11.4 Å². The Labute approximate surface area is 117 Å². The van der Waals surface area contributed by atoms with Crippen molar-refractivity contribution >= 4 is 33.9 Å². The lowest BCUT2D eigenvalue weighted by Crippen LogP contribution is -2.16. The first-order valence-electron chi connectivity index (χ1n) is 5.39. The Morgan fingerprint density at radius 2 is 2.18 bits per heavy atom. The van der Waals surface area contributed by atoms with Crippen molar-refractivity contribution in [2.24, 2.45) is 0 Å². The van der Waals surface area contributed by atoms with Gasteiger partial charge in [0, 0.05) is 15.3 Å². The molecule has 3 nitrogen and oxygen atoms in total. The molecule has 1 N–H and O–H groups in total. The second-order valence-electron chi connectivity index (χ2n) is 3.86. The summed E-state index contributed by atoms with van der Waals surface area (Å²) in [5.74, 6) is 0.689. The summed E-state index contributed by atoms with van der Waals surface area (Å²) in [5.41, 5.74) is 1.86. The molecule has 0 saturated heterocycles. The van der Waals surface area contributed by atoms with Gasteiger partial charge in [-0.05, 0) is 48.9 Å². The van der Waals surface area contributed by atoms with Crippen LogP contribution in [0.4, 0.5) is 0 Å². The molecule has 2 rings (SSSR count). The third-order valence-electron chi connectivity index (χ3n) is 2.56. The van der Waals surface area contributed by atoms with Crippen molar-refractivity contribution in [1.29, 1.82) is 0 Å². The molecule has 17 heavy (non-hydrogen) atoms. The number of hydrogen-bond acceptors (Lipinski definition) is 3. The average molecular weight is 360 g/mol. The molecule has 0 aliphatic heterocycles. The molecule has 0 amide bonds. The van der Waals surface area contributed by atoms with Crippen molar-refractivity contribution < 1.29 is 0 Å². The van der Waals surface area contributed by atoms with E-state index in [-0.39, 0.29) is 5.56 Å². The topological polar surface area (TPSA) is 45.8 Å². The summed E-state index contributed by atoms with van der Waals surface area (Å²) in [6, 6.07) is 2.07. The highest BCUT2D eigenvalue weighted by Crippen LogP contribution is 2.28. The lowest BCUT2D eigenvalue weighted by atomic mass is 10.2. The van der Waals surface area contributed by atoms with E-state index in [0.29, 0.717) is 9.39 Å². The largest absolute Gasteiger partial charge is 0.306 e. The van der Waals surface area contributed by atoms with Crippen molar-refractivity contribution in [1.82, 2.24) is 9.97 Å².